The summed E-state index contributed by atoms with van der Waals surface area (Å²) in [7, 11) is 0. The highest BCUT2D eigenvalue weighted by atomic mass is 16.5. The summed E-state index contributed by atoms with van der Waals surface area (Å²) in [6.07, 6.45) is 2.85. The Morgan fingerprint density at radius 2 is 2.14 bits per heavy atom. The molecule has 2 heterocycles. The molecular weight excluding hydrogens is 280 g/mol. The molecule has 2 aromatic rings. The van der Waals surface area contributed by atoms with Gasteiger partial charge in [-0.05, 0) is 26.2 Å². The summed E-state index contributed by atoms with van der Waals surface area (Å²) in [6, 6.07) is 8.97. The molecule has 6 heteroatoms. The van der Waals surface area contributed by atoms with Gasteiger partial charge in [0, 0.05) is 12.1 Å². The summed E-state index contributed by atoms with van der Waals surface area (Å²) in [5, 5.41) is 4.04. The molecule has 0 aliphatic carbocycles. The minimum atomic E-state index is -0.517. The average Bonchev–Trinajstić information content (AvgIpc) is 3.05. The van der Waals surface area contributed by atoms with Crippen molar-refractivity contribution in [3.8, 4) is 11.4 Å². The molecule has 0 saturated carbocycles. The van der Waals surface area contributed by atoms with Crippen LogP contribution in [-0.4, -0.2) is 33.5 Å². The van der Waals surface area contributed by atoms with Gasteiger partial charge in [0.25, 0.3) is 0 Å². The fraction of sp³-hybridized carbons (Fsp3) is 0.438. The molecule has 0 bridgehead atoms. The van der Waals surface area contributed by atoms with Gasteiger partial charge in [0.15, 0.2) is 0 Å². The van der Waals surface area contributed by atoms with Crippen LogP contribution in [0.1, 0.15) is 38.1 Å². The number of carbonyl (C=O) groups is 1. The van der Waals surface area contributed by atoms with Crippen LogP contribution >= 0.6 is 0 Å². The molecule has 22 heavy (non-hydrogen) atoms. The van der Waals surface area contributed by atoms with Crippen LogP contribution in [0.25, 0.3) is 11.4 Å². The second kappa shape index (κ2) is 6.27. The third-order valence-corrected chi connectivity index (χ3v) is 3.93. The van der Waals surface area contributed by atoms with Crippen molar-refractivity contribution in [2.45, 2.75) is 38.3 Å². The number of aromatic nitrogens is 2. The van der Waals surface area contributed by atoms with Crippen LogP contribution in [-0.2, 0) is 4.79 Å². The van der Waals surface area contributed by atoms with Gasteiger partial charge in [-0.1, -0.05) is 35.5 Å². The highest BCUT2D eigenvalue weighted by molar-refractivity contribution is 5.81. The summed E-state index contributed by atoms with van der Waals surface area (Å²) >= 11 is 0. The number of benzene rings is 1. The molecule has 1 unspecified atom stereocenters. The SMILES string of the molecule is C[C@H](N)C(=O)N1CCCCC1c1nc(-c2ccccc2)no1. The quantitative estimate of drug-likeness (QED) is 0.938. The number of rotatable bonds is 3. The minimum Gasteiger partial charge on any atom is -0.337 e. The van der Waals surface area contributed by atoms with Gasteiger partial charge in [0.1, 0.15) is 6.04 Å². The van der Waals surface area contributed by atoms with Crippen molar-refractivity contribution in [1.29, 1.82) is 0 Å². The monoisotopic (exact) mass is 300 g/mol. The third-order valence-electron chi connectivity index (χ3n) is 3.93. The molecule has 3 rings (SSSR count). The molecule has 1 fully saturated rings. The van der Waals surface area contributed by atoms with E-state index >= 15 is 0 Å². The Hall–Kier alpha value is -2.21. The van der Waals surface area contributed by atoms with Crippen LogP contribution < -0.4 is 5.73 Å². The fourth-order valence-electron chi connectivity index (χ4n) is 2.79. The van der Waals surface area contributed by atoms with Crippen molar-refractivity contribution in [2.24, 2.45) is 5.73 Å². The van der Waals surface area contributed by atoms with Gasteiger partial charge in [0.05, 0.1) is 6.04 Å². The number of piperidine rings is 1. The normalized spacial score (nSPS) is 19.9. The van der Waals surface area contributed by atoms with Gasteiger partial charge >= 0.3 is 0 Å². The summed E-state index contributed by atoms with van der Waals surface area (Å²) in [5.74, 6) is 0.978. The van der Waals surface area contributed by atoms with E-state index in [9.17, 15) is 4.79 Å². The number of nitrogens with two attached hydrogens (primary N) is 1. The zero-order valence-electron chi connectivity index (χ0n) is 12.6. The molecule has 1 aliphatic rings. The zero-order chi connectivity index (χ0) is 15.5. The van der Waals surface area contributed by atoms with Gasteiger partial charge in [-0.15, -0.1) is 0 Å². The van der Waals surface area contributed by atoms with Crippen LogP contribution in [0.3, 0.4) is 0 Å². The van der Waals surface area contributed by atoms with E-state index in [4.69, 9.17) is 10.3 Å². The van der Waals surface area contributed by atoms with Crippen molar-refractivity contribution < 1.29 is 9.32 Å². The highest BCUT2D eigenvalue weighted by Crippen LogP contribution is 2.31. The predicted octanol–water partition coefficient (Wildman–Crippen LogP) is 2.14. The maximum Gasteiger partial charge on any atom is 0.249 e. The Balaban J connectivity index is 1.86. The molecule has 1 aromatic heterocycles. The van der Waals surface area contributed by atoms with E-state index in [2.05, 4.69) is 10.1 Å². The Kier molecular flexibility index (Phi) is 4.20. The van der Waals surface area contributed by atoms with Crippen LogP contribution in [0.4, 0.5) is 0 Å². The van der Waals surface area contributed by atoms with Crippen LogP contribution in [0.2, 0.25) is 0 Å². The first kappa shape index (κ1) is 14.7. The molecular formula is C16H20N4O2. The summed E-state index contributed by atoms with van der Waals surface area (Å²) in [4.78, 5) is 18.5. The average molecular weight is 300 g/mol. The van der Waals surface area contributed by atoms with E-state index in [0.29, 0.717) is 18.3 Å². The Morgan fingerprint density at radius 1 is 1.36 bits per heavy atom. The third kappa shape index (κ3) is 2.87. The van der Waals surface area contributed by atoms with E-state index in [1.807, 2.05) is 30.3 Å². The summed E-state index contributed by atoms with van der Waals surface area (Å²) in [5.41, 5.74) is 6.65. The first-order valence-corrected chi connectivity index (χ1v) is 7.62. The smallest absolute Gasteiger partial charge is 0.249 e. The molecule has 2 atom stereocenters. The first-order chi connectivity index (χ1) is 10.7. The molecule has 1 aromatic carbocycles. The van der Waals surface area contributed by atoms with Crippen LogP contribution in [0, 0.1) is 0 Å². The zero-order valence-corrected chi connectivity index (χ0v) is 12.6. The molecule has 1 saturated heterocycles. The molecule has 0 spiro atoms. The molecule has 116 valence electrons. The maximum atomic E-state index is 12.3. The fourth-order valence-corrected chi connectivity index (χ4v) is 2.79. The number of hydrogen-bond acceptors (Lipinski definition) is 5. The van der Waals surface area contributed by atoms with E-state index in [0.717, 1.165) is 24.8 Å². The van der Waals surface area contributed by atoms with E-state index < -0.39 is 6.04 Å². The van der Waals surface area contributed by atoms with E-state index in [-0.39, 0.29) is 11.9 Å². The second-order valence-corrected chi connectivity index (χ2v) is 5.65. The van der Waals surface area contributed by atoms with Gasteiger partial charge < -0.3 is 15.2 Å². The lowest BCUT2D eigenvalue weighted by atomic mass is 10.0. The minimum absolute atomic E-state index is 0.0656. The van der Waals surface area contributed by atoms with Crippen molar-refractivity contribution in [3.05, 3.63) is 36.2 Å². The summed E-state index contributed by atoms with van der Waals surface area (Å²) < 4.78 is 5.42. The summed E-state index contributed by atoms with van der Waals surface area (Å²) in [6.45, 7) is 2.39. The highest BCUT2D eigenvalue weighted by Gasteiger charge is 2.33. The van der Waals surface area contributed by atoms with Crippen LogP contribution in [0.5, 0.6) is 0 Å². The Labute approximate surface area is 129 Å². The second-order valence-electron chi connectivity index (χ2n) is 5.65. The van der Waals surface area contributed by atoms with E-state index in [1.54, 1.807) is 11.8 Å². The number of hydrogen-bond donors (Lipinski definition) is 1. The van der Waals surface area contributed by atoms with Crippen molar-refractivity contribution >= 4 is 5.91 Å². The standard InChI is InChI=1S/C16H20N4O2/c1-11(17)16(21)20-10-6-5-9-13(20)15-18-14(19-22-15)12-7-3-2-4-8-12/h2-4,7-8,11,13H,5-6,9-10,17H2,1H3/t11-,13?/m0/s1. The van der Waals surface area contributed by atoms with Crippen molar-refractivity contribution in [2.75, 3.05) is 6.54 Å². The lowest BCUT2D eigenvalue weighted by molar-refractivity contribution is -0.136. The molecule has 2 N–H and O–H groups in total. The Bertz CT molecular complexity index is 639. The van der Waals surface area contributed by atoms with Gasteiger partial charge in [-0.2, -0.15) is 4.98 Å². The number of amides is 1. The maximum absolute atomic E-state index is 12.3. The lowest BCUT2D eigenvalue weighted by Crippen LogP contribution is -2.46. The largest absolute Gasteiger partial charge is 0.337 e. The van der Waals surface area contributed by atoms with Crippen molar-refractivity contribution in [3.63, 3.8) is 0 Å². The molecule has 1 amide bonds. The molecule has 0 radical (unpaired) electrons. The Morgan fingerprint density at radius 3 is 2.86 bits per heavy atom. The number of likely N-dealkylation sites (tertiary alicyclic amines) is 1. The van der Waals surface area contributed by atoms with Gasteiger partial charge in [-0.25, -0.2) is 0 Å². The van der Waals surface area contributed by atoms with Crippen molar-refractivity contribution in [1.82, 2.24) is 15.0 Å². The van der Waals surface area contributed by atoms with Crippen LogP contribution in [0.15, 0.2) is 34.9 Å². The van der Waals surface area contributed by atoms with Gasteiger partial charge in [-0.3, -0.25) is 4.79 Å². The number of nitrogens with zero attached hydrogens (tertiary/aromatic N) is 3. The van der Waals surface area contributed by atoms with E-state index in [1.165, 1.54) is 0 Å². The molecule has 1 aliphatic heterocycles. The number of carbonyl (C=O) groups excluding carboxylic acids is 1. The topological polar surface area (TPSA) is 85.3 Å². The van der Waals surface area contributed by atoms with Gasteiger partial charge in [0.2, 0.25) is 17.6 Å². The lowest BCUT2D eigenvalue weighted by Gasteiger charge is -2.34. The predicted molar refractivity (Wildman–Crippen MR) is 81.7 cm³/mol. The first-order valence-electron chi connectivity index (χ1n) is 7.62. The molecule has 6 nitrogen and oxygen atoms in total.